The topological polar surface area (TPSA) is 88.3 Å². The molecule has 1 aliphatic heterocycles. The van der Waals surface area contributed by atoms with Crippen LogP contribution in [0.15, 0.2) is 54.7 Å². The van der Waals surface area contributed by atoms with Gasteiger partial charge in [-0.2, -0.15) is 0 Å². The lowest BCUT2D eigenvalue weighted by atomic mass is 10.2. The van der Waals surface area contributed by atoms with E-state index < -0.39 is 0 Å². The van der Waals surface area contributed by atoms with E-state index in [4.69, 9.17) is 9.47 Å². The molecule has 7 heteroatoms. The second kappa shape index (κ2) is 6.79. The summed E-state index contributed by atoms with van der Waals surface area (Å²) in [6, 6.07) is 14.6. The number of urea groups is 1. The molecule has 3 aromatic rings. The zero-order valence-corrected chi connectivity index (χ0v) is 14.2. The molecule has 0 saturated heterocycles. The number of carbonyl (C=O) groups excluding carboxylic acids is 1. The molecule has 1 aromatic heterocycles. The van der Waals surface area contributed by atoms with Gasteiger partial charge in [-0.1, -0.05) is 30.3 Å². The van der Waals surface area contributed by atoms with Gasteiger partial charge in [0.2, 0.25) is 6.79 Å². The number of carbonyl (C=O) groups is 1. The fourth-order valence-corrected chi connectivity index (χ4v) is 2.73. The van der Waals surface area contributed by atoms with Crippen LogP contribution in [0.5, 0.6) is 11.5 Å². The molecule has 132 valence electrons. The third-order valence-electron chi connectivity index (χ3n) is 4.07. The highest BCUT2D eigenvalue weighted by Crippen LogP contribution is 2.34. The van der Waals surface area contributed by atoms with Crippen LogP contribution >= 0.6 is 0 Å². The first-order chi connectivity index (χ1) is 12.7. The fraction of sp³-hybridized carbons (Fsp3) is 0.158. The summed E-state index contributed by atoms with van der Waals surface area (Å²) in [5.74, 6) is 1.98. The molecule has 0 saturated carbocycles. The van der Waals surface area contributed by atoms with Gasteiger partial charge < -0.3 is 25.1 Å². The molecule has 0 radical (unpaired) electrons. The summed E-state index contributed by atoms with van der Waals surface area (Å²) in [5.41, 5.74) is 2.58. The number of benzene rings is 2. The lowest BCUT2D eigenvalue weighted by molar-refractivity contribution is 0.174. The van der Waals surface area contributed by atoms with Crippen molar-refractivity contribution in [2.75, 3.05) is 12.1 Å². The number of nitrogens with one attached hydrogen (secondary N) is 3. The molecule has 1 atom stereocenters. The molecule has 2 amide bonds. The number of hydrogen-bond donors (Lipinski definition) is 3. The van der Waals surface area contributed by atoms with Crippen LogP contribution < -0.4 is 20.1 Å². The highest BCUT2D eigenvalue weighted by molar-refractivity contribution is 5.89. The summed E-state index contributed by atoms with van der Waals surface area (Å²) in [5, 5.41) is 5.64. The minimum Gasteiger partial charge on any atom is -0.454 e. The van der Waals surface area contributed by atoms with Crippen molar-refractivity contribution in [2.24, 2.45) is 0 Å². The number of amides is 2. The largest absolute Gasteiger partial charge is 0.454 e. The van der Waals surface area contributed by atoms with Crippen molar-refractivity contribution in [1.82, 2.24) is 15.3 Å². The van der Waals surface area contributed by atoms with Gasteiger partial charge in [-0.25, -0.2) is 9.78 Å². The molecule has 7 nitrogen and oxygen atoms in total. The van der Waals surface area contributed by atoms with E-state index in [2.05, 4.69) is 20.6 Å². The van der Waals surface area contributed by atoms with Gasteiger partial charge in [0.1, 0.15) is 5.82 Å². The van der Waals surface area contributed by atoms with Gasteiger partial charge in [0.05, 0.1) is 17.9 Å². The summed E-state index contributed by atoms with van der Waals surface area (Å²) in [7, 11) is 0. The van der Waals surface area contributed by atoms with Crippen molar-refractivity contribution < 1.29 is 14.3 Å². The highest BCUT2D eigenvalue weighted by Gasteiger charge is 2.16. The predicted octanol–water partition coefficient (Wildman–Crippen LogP) is 3.69. The van der Waals surface area contributed by atoms with E-state index in [-0.39, 0.29) is 18.9 Å². The second-order valence-corrected chi connectivity index (χ2v) is 5.94. The average molecular weight is 350 g/mol. The molecule has 2 aromatic carbocycles. The van der Waals surface area contributed by atoms with Crippen molar-refractivity contribution in [1.29, 1.82) is 0 Å². The van der Waals surface area contributed by atoms with Crippen LogP contribution in [0.2, 0.25) is 0 Å². The third-order valence-corrected chi connectivity index (χ3v) is 4.07. The normalized spacial score (nSPS) is 13.3. The Hall–Kier alpha value is -3.48. The average Bonchev–Trinajstić information content (AvgIpc) is 3.31. The van der Waals surface area contributed by atoms with Crippen molar-refractivity contribution in [2.45, 2.75) is 13.0 Å². The molecular formula is C19H18N4O3. The van der Waals surface area contributed by atoms with Crippen LogP contribution in [0.3, 0.4) is 0 Å². The summed E-state index contributed by atoms with van der Waals surface area (Å²) >= 11 is 0. The molecule has 26 heavy (non-hydrogen) atoms. The Morgan fingerprint density at radius 3 is 2.81 bits per heavy atom. The number of aromatic amines is 1. The molecule has 2 heterocycles. The molecule has 0 bridgehead atoms. The Morgan fingerprint density at radius 1 is 1.15 bits per heavy atom. The monoisotopic (exact) mass is 350 g/mol. The standard InChI is InChI=1S/C19H18N4O3/c1-12(18-20-10-15(23-18)13-5-3-2-4-6-13)21-19(24)22-14-7-8-16-17(9-14)26-11-25-16/h2-10,12H,11H2,1H3,(H,20,23)(H2,21,22,24). The number of H-pyrrole nitrogens is 1. The number of ether oxygens (including phenoxy) is 2. The number of imidazole rings is 1. The van der Waals surface area contributed by atoms with E-state index in [1.165, 1.54) is 0 Å². The minimum atomic E-state index is -0.325. The first-order valence-corrected chi connectivity index (χ1v) is 8.26. The molecular weight excluding hydrogens is 332 g/mol. The van der Waals surface area contributed by atoms with Crippen molar-refractivity contribution in [3.63, 3.8) is 0 Å². The molecule has 0 fully saturated rings. The first-order valence-electron chi connectivity index (χ1n) is 8.26. The Bertz CT molecular complexity index is 924. The molecule has 1 unspecified atom stereocenters. The SMILES string of the molecule is CC(NC(=O)Nc1ccc2c(c1)OCO2)c1ncc(-c2ccccc2)[nH]1. The number of aromatic nitrogens is 2. The summed E-state index contributed by atoms with van der Waals surface area (Å²) < 4.78 is 10.6. The quantitative estimate of drug-likeness (QED) is 0.670. The molecule has 4 rings (SSSR count). The number of anilines is 1. The van der Waals surface area contributed by atoms with E-state index in [0.717, 1.165) is 11.3 Å². The predicted molar refractivity (Wildman–Crippen MR) is 97.2 cm³/mol. The lowest BCUT2D eigenvalue weighted by Crippen LogP contribution is -2.31. The zero-order chi connectivity index (χ0) is 17.9. The number of fused-ring (bicyclic) bond motifs is 1. The van der Waals surface area contributed by atoms with E-state index >= 15 is 0 Å². The lowest BCUT2D eigenvalue weighted by Gasteiger charge is -2.13. The van der Waals surface area contributed by atoms with Crippen molar-refractivity contribution in [3.8, 4) is 22.8 Å². The van der Waals surface area contributed by atoms with Gasteiger partial charge in [0, 0.05) is 11.8 Å². The Balaban J connectivity index is 1.39. The number of nitrogens with zero attached hydrogens (tertiary/aromatic N) is 1. The zero-order valence-electron chi connectivity index (χ0n) is 14.2. The van der Waals surface area contributed by atoms with Crippen LogP contribution in [0.25, 0.3) is 11.3 Å². The maximum atomic E-state index is 12.2. The van der Waals surface area contributed by atoms with Crippen LogP contribution in [0, 0.1) is 0 Å². The maximum absolute atomic E-state index is 12.2. The third kappa shape index (κ3) is 3.32. The Labute approximate surface area is 150 Å². The van der Waals surface area contributed by atoms with Crippen LogP contribution in [0.4, 0.5) is 10.5 Å². The number of rotatable bonds is 4. The Morgan fingerprint density at radius 2 is 1.96 bits per heavy atom. The summed E-state index contributed by atoms with van der Waals surface area (Å²) in [6.07, 6.45) is 1.76. The highest BCUT2D eigenvalue weighted by atomic mass is 16.7. The van der Waals surface area contributed by atoms with Gasteiger partial charge in [-0.05, 0) is 24.6 Å². The number of hydrogen-bond acceptors (Lipinski definition) is 4. The summed E-state index contributed by atoms with van der Waals surface area (Å²) in [6.45, 7) is 2.07. The van der Waals surface area contributed by atoms with Crippen molar-refractivity contribution in [3.05, 3.63) is 60.6 Å². The van der Waals surface area contributed by atoms with Crippen LogP contribution in [-0.4, -0.2) is 22.8 Å². The molecule has 0 spiro atoms. The van der Waals surface area contributed by atoms with Gasteiger partial charge >= 0.3 is 6.03 Å². The summed E-state index contributed by atoms with van der Waals surface area (Å²) in [4.78, 5) is 19.8. The molecule has 1 aliphatic rings. The molecule has 0 aliphatic carbocycles. The maximum Gasteiger partial charge on any atom is 0.319 e. The van der Waals surface area contributed by atoms with E-state index in [1.54, 1.807) is 24.4 Å². The minimum absolute atomic E-state index is 0.199. The van der Waals surface area contributed by atoms with Crippen molar-refractivity contribution >= 4 is 11.7 Å². The van der Waals surface area contributed by atoms with E-state index in [9.17, 15) is 4.79 Å². The fourth-order valence-electron chi connectivity index (χ4n) is 2.73. The van der Waals surface area contributed by atoms with E-state index in [0.29, 0.717) is 23.0 Å². The molecule has 3 N–H and O–H groups in total. The second-order valence-electron chi connectivity index (χ2n) is 5.94. The smallest absolute Gasteiger partial charge is 0.319 e. The van der Waals surface area contributed by atoms with Crippen LogP contribution in [0.1, 0.15) is 18.8 Å². The Kier molecular flexibility index (Phi) is 4.18. The van der Waals surface area contributed by atoms with Gasteiger partial charge in [-0.3, -0.25) is 0 Å². The van der Waals surface area contributed by atoms with Crippen LogP contribution in [-0.2, 0) is 0 Å². The van der Waals surface area contributed by atoms with Gasteiger partial charge in [0.15, 0.2) is 11.5 Å². The van der Waals surface area contributed by atoms with E-state index in [1.807, 2.05) is 37.3 Å². The van der Waals surface area contributed by atoms with Gasteiger partial charge in [-0.15, -0.1) is 0 Å². The van der Waals surface area contributed by atoms with Gasteiger partial charge in [0.25, 0.3) is 0 Å². The first kappa shape index (κ1) is 16.0.